The van der Waals surface area contributed by atoms with E-state index in [0.29, 0.717) is 5.57 Å². The van der Waals surface area contributed by atoms with Gasteiger partial charge in [-0.3, -0.25) is 9.59 Å². The molecule has 0 amide bonds. The molecule has 0 saturated carbocycles. The average molecular weight is 353 g/mol. The third-order valence-electron chi connectivity index (χ3n) is 4.12. The number of alkyl halides is 1. The van der Waals surface area contributed by atoms with E-state index in [1.807, 2.05) is 0 Å². The van der Waals surface area contributed by atoms with Gasteiger partial charge >= 0.3 is 0 Å². The number of aliphatic hydroxyl groups is 1. The van der Waals surface area contributed by atoms with Crippen molar-refractivity contribution in [3.8, 4) is 11.5 Å². The summed E-state index contributed by atoms with van der Waals surface area (Å²) in [5.74, 6) is -1.63. The number of halogens is 1. The molecule has 5 nitrogen and oxygen atoms in total. The Labute approximate surface area is 129 Å². The Morgan fingerprint density at radius 3 is 2.10 bits per heavy atom. The van der Waals surface area contributed by atoms with Crippen LogP contribution in [0.1, 0.15) is 40.5 Å². The van der Waals surface area contributed by atoms with E-state index >= 15 is 0 Å². The van der Waals surface area contributed by atoms with Crippen LogP contribution in [0.15, 0.2) is 23.3 Å². The van der Waals surface area contributed by atoms with Crippen molar-refractivity contribution in [2.45, 2.75) is 30.2 Å². The van der Waals surface area contributed by atoms with Gasteiger partial charge < -0.3 is 15.3 Å². The summed E-state index contributed by atoms with van der Waals surface area (Å²) in [5, 5.41) is 30.0. The third kappa shape index (κ3) is 1.93. The zero-order valence-corrected chi connectivity index (χ0v) is 12.8. The van der Waals surface area contributed by atoms with E-state index < -0.39 is 17.2 Å². The molecule has 0 heterocycles. The molecule has 110 valence electrons. The van der Waals surface area contributed by atoms with E-state index in [1.165, 1.54) is 12.1 Å². The highest BCUT2D eigenvalue weighted by atomic mass is 79.9. The van der Waals surface area contributed by atoms with Crippen LogP contribution in [0.2, 0.25) is 0 Å². The first kappa shape index (κ1) is 14.3. The minimum atomic E-state index is -1.15. The van der Waals surface area contributed by atoms with Crippen LogP contribution in [0.4, 0.5) is 0 Å². The van der Waals surface area contributed by atoms with Crippen LogP contribution in [-0.4, -0.2) is 37.3 Å². The van der Waals surface area contributed by atoms with Gasteiger partial charge in [0.05, 0.1) is 16.7 Å². The molecule has 2 aliphatic carbocycles. The lowest BCUT2D eigenvalue weighted by Gasteiger charge is -2.37. The highest BCUT2D eigenvalue weighted by molar-refractivity contribution is 9.09. The SMILES string of the molecule is CC1(O)CC2=C(CC1Br)C(=O)c1c(O)ccc(O)c1C2=O. The van der Waals surface area contributed by atoms with Crippen molar-refractivity contribution < 1.29 is 24.9 Å². The molecule has 1 aromatic carbocycles. The first-order valence-corrected chi connectivity index (χ1v) is 7.38. The fraction of sp³-hybridized carbons (Fsp3) is 0.333. The summed E-state index contributed by atoms with van der Waals surface area (Å²) in [4.78, 5) is 24.7. The summed E-state index contributed by atoms with van der Waals surface area (Å²) in [6.45, 7) is 1.59. The third-order valence-corrected chi connectivity index (χ3v) is 5.43. The molecule has 3 N–H and O–H groups in total. The molecular weight excluding hydrogens is 340 g/mol. The molecule has 2 unspecified atom stereocenters. The maximum Gasteiger partial charge on any atom is 0.194 e. The fourth-order valence-corrected chi connectivity index (χ4v) is 3.37. The number of allylic oxidation sites excluding steroid dienone is 1. The van der Waals surface area contributed by atoms with Crippen molar-refractivity contribution in [2.24, 2.45) is 0 Å². The number of ketones is 2. The Bertz CT molecular complexity index is 717. The Morgan fingerprint density at radius 2 is 1.57 bits per heavy atom. The molecule has 0 saturated heterocycles. The number of carbonyl (C=O) groups is 2. The van der Waals surface area contributed by atoms with Crippen LogP contribution < -0.4 is 0 Å². The van der Waals surface area contributed by atoms with Gasteiger partial charge in [-0.2, -0.15) is 0 Å². The number of Topliss-reactive ketones (excluding diaryl/α,β-unsaturated/α-hetero) is 2. The summed E-state index contributed by atoms with van der Waals surface area (Å²) < 4.78 is 0. The van der Waals surface area contributed by atoms with E-state index in [0.717, 1.165) is 0 Å². The number of fused-ring (bicyclic) bond motifs is 1. The number of carbonyl (C=O) groups excluding carboxylic acids is 2. The average Bonchev–Trinajstić information content (AvgIpc) is 2.40. The van der Waals surface area contributed by atoms with E-state index in [1.54, 1.807) is 6.92 Å². The van der Waals surface area contributed by atoms with Crippen molar-refractivity contribution in [3.05, 3.63) is 34.4 Å². The lowest BCUT2D eigenvalue weighted by molar-refractivity contribution is 0.0506. The highest BCUT2D eigenvalue weighted by Gasteiger charge is 2.45. The largest absolute Gasteiger partial charge is 0.507 e. The standard InChI is InChI=1S/C15H13BrO5/c1-15(21)5-7-6(4-10(15)16)13(19)11-8(17)2-3-9(18)12(11)14(7)20/h2-3,10,17-18,21H,4-5H2,1H3. The molecule has 1 aromatic rings. The van der Waals surface area contributed by atoms with Crippen LogP contribution in [0.25, 0.3) is 0 Å². The zero-order valence-electron chi connectivity index (χ0n) is 11.2. The van der Waals surface area contributed by atoms with E-state index in [2.05, 4.69) is 15.9 Å². The second-order valence-electron chi connectivity index (χ2n) is 5.67. The van der Waals surface area contributed by atoms with Crippen molar-refractivity contribution in [3.63, 3.8) is 0 Å². The molecule has 0 radical (unpaired) electrons. The number of rotatable bonds is 0. The molecule has 0 fully saturated rings. The van der Waals surface area contributed by atoms with Gasteiger partial charge in [0.15, 0.2) is 11.6 Å². The molecule has 21 heavy (non-hydrogen) atoms. The summed E-state index contributed by atoms with van der Waals surface area (Å²) in [7, 11) is 0. The molecule has 0 bridgehead atoms. The predicted molar refractivity (Wildman–Crippen MR) is 78.0 cm³/mol. The van der Waals surface area contributed by atoms with Crippen molar-refractivity contribution in [2.75, 3.05) is 0 Å². The van der Waals surface area contributed by atoms with Gasteiger partial charge in [0.1, 0.15) is 11.5 Å². The molecule has 0 aromatic heterocycles. The summed E-state index contributed by atoms with van der Waals surface area (Å²) in [6.07, 6.45) is 0.221. The van der Waals surface area contributed by atoms with Gasteiger partial charge in [-0.1, -0.05) is 15.9 Å². The van der Waals surface area contributed by atoms with Crippen LogP contribution in [0.5, 0.6) is 11.5 Å². The lowest BCUT2D eigenvalue weighted by Crippen LogP contribution is -2.43. The molecule has 0 spiro atoms. The Hall–Kier alpha value is -1.66. The second kappa shape index (κ2) is 4.42. The number of phenolic OH excluding ortho intramolecular Hbond substituents is 2. The number of phenols is 2. The maximum atomic E-state index is 12.6. The molecule has 2 aliphatic rings. The highest BCUT2D eigenvalue weighted by Crippen LogP contribution is 2.45. The van der Waals surface area contributed by atoms with Gasteiger partial charge in [0.25, 0.3) is 0 Å². The number of benzene rings is 1. The molecule has 2 atom stereocenters. The van der Waals surface area contributed by atoms with Crippen molar-refractivity contribution >= 4 is 27.5 Å². The van der Waals surface area contributed by atoms with Crippen molar-refractivity contribution in [1.82, 2.24) is 0 Å². The van der Waals surface area contributed by atoms with E-state index in [4.69, 9.17) is 0 Å². The van der Waals surface area contributed by atoms with Crippen molar-refractivity contribution in [1.29, 1.82) is 0 Å². The molecule has 0 aliphatic heterocycles. The normalized spacial score (nSPS) is 28.4. The quantitative estimate of drug-likeness (QED) is 0.490. The topological polar surface area (TPSA) is 94.8 Å². The number of aromatic hydroxyl groups is 2. The molecule has 6 heteroatoms. The summed E-state index contributed by atoms with van der Waals surface area (Å²) >= 11 is 3.33. The first-order valence-electron chi connectivity index (χ1n) is 6.47. The number of hydrogen-bond donors (Lipinski definition) is 3. The monoisotopic (exact) mass is 352 g/mol. The molecular formula is C15H13BrO5. The Balaban J connectivity index is 2.24. The minimum Gasteiger partial charge on any atom is -0.507 e. The van der Waals surface area contributed by atoms with Crippen LogP contribution >= 0.6 is 15.9 Å². The van der Waals surface area contributed by atoms with Gasteiger partial charge in [-0.15, -0.1) is 0 Å². The van der Waals surface area contributed by atoms with E-state index in [9.17, 15) is 24.9 Å². The van der Waals surface area contributed by atoms with Crippen LogP contribution in [0.3, 0.4) is 0 Å². The van der Waals surface area contributed by atoms with Gasteiger partial charge in [-0.25, -0.2) is 0 Å². The number of hydrogen-bond acceptors (Lipinski definition) is 5. The molecule has 3 rings (SSSR count). The van der Waals surface area contributed by atoms with Gasteiger partial charge in [0.2, 0.25) is 0 Å². The lowest BCUT2D eigenvalue weighted by atomic mass is 9.72. The summed E-state index contributed by atoms with van der Waals surface area (Å²) in [6, 6.07) is 2.37. The Kier molecular flexibility index (Phi) is 3.00. The van der Waals surface area contributed by atoms with Crippen LogP contribution in [0, 0.1) is 0 Å². The van der Waals surface area contributed by atoms with Gasteiger partial charge in [0, 0.05) is 22.4 Å². The zero-order chi connectivity index (χ0) is 15.5. The van der Waals surface area contributed by atoms with E-state index in [-0.39, 0.29) is 45.9 Å². The second-order valence-corrected chi connectivity index (χ2v) is 6.78. The first-order chi connectivity index (χ1) is 9.74. The maximum absolute atomic E-state index is 12.6. The van der Waals surface area contributed by atoms with Gasteiger partial charge in [-0.05, 0) is 25.5 Å². The van der Waals surface area contributed by atoms with Crippen LogP contribution in [-0.2, 0) is 0 Å². The minimum absolute atomic E-state index is 0.0252. The fourth-order valence-electron chi connectivity index (χ4n) is 2.89. The Morgan fingerprint density at radius 1 is 1.10 bits per heavy atom. The smallest absolute Gasteiger partial charge is 0.194 e. The predicted octanol–water partition coefficient (Wildman–Crippen LogP) is 2.08. The summed E-state index contributed by atoms with van der Waals surface area (Å²) in [5.41, 5.74) is -0.975.